The van der Waals surface area contributed by atoms with Gasteiger partial charge in [0.05, 0.1) is 4.92 Å². The molecule has 0 unspecified atom stereocenters. The first kappa shape index (κ1) is 17.0. The van der Waals surface area contributed by atoms with Crippen LogP contribution in [0.4, 0.5) is 5.69 Å². The van der Waals surface area contributed by atoms with E-state index in [4.69, 9.17) is 0 Å². The van der Waals surface area contributed by atoms with Crippen molar-refractivity contribution in [3.05, 3.63) is 86.0 Å². The third kappa shape index (κ3) is 3.90. The van der Waals surface area contributed by atoms with Gasteiger partial charge in [0.15, 0.2) is 11.9 Å². The minimum Gasteiger partial charge on any atom is -0.382 e. The van der Waals surface area contributed by atoms with Crippen molar-refractivity contribution in [1.82, 2.24) is 0 Å². The fourth-order valence-electron chi connectivity index (χ4n) is 2.12. The van der Waals surface area contributed by atoms with Gasteiger partial charge in [-0.15, -0.1) is 10.1 Å². The fourth-order valence-corrected chi connectivity index (χ4v) is 2.12. The van der Waals surface area contributed by atoms with Crippen LogP contribution in [-0.4, -0.2) is 27.0 Å². The zero-order valence-corrected chi connectivity index (χ0v) is 12.1. The standard InChI is InChI=1S/C15H12N2O7/c18-13(10-5-2-1-3-6-10)14(19)15(24-17(22)23)11-7-4-8-12(9-11)16(20)21/h1-9,14-15,19H/t14-,15-/m1/s1. The van der Waals surface area contributed by atoms with Crippen LogP contribution in [0.1, 0.15) is 22.0 Å². The molecule has 0 amide bonds. The van der Waals surface area contributed by atoms with Gasteiger partial charge in [0.25, 0.3) is 10.8 Å². The smallest absolute Gasteiger partial charge is 0.295 e. The summed E-state index contributed by atoms with van der Waals surface area (Å²) in [5.74, 6) is -0.797. The van der Waals surface area contributed by atoms with Crippen molar-refractivity contribution < 1.29 is 24.7 Å². The van der Waals surface area contributed by atoms with E-state index < -0.39 is 28.0 Å². The zero-order chi connectivity index (χ0) is 17.7. The third-order valence-corrected chi connectivity index (χ3v) is 3.22. The number of benzene rings is 2. The van der Waals surface area contributed by atoms with Gasteiger partial charge >= 0.3 is 0 Å². The van der Waals surface area contributed by atoms with E-state index in [0.717, 1.165) is 6.07 Å². The summed E-state index contributed by atoms with van der Waals surface area (Å²) in [6.45, 7) is 0. The maximum absolute atomic E-state index is 12.3. The Morgan fingerprint density at radius 2 is 1.71 bits per heavy atom. The van der Waals surface area contributed by atoms with Crippen molar-refractivity contribution in [3.63, 3.8) is 0 Å². The first-order valence-corrected chi connectivity index (χ1v) is 6.73. The molecule has 0 heterocycles. The minimum atomic E-state index is -1.90. The molecule has 0 aliphatic heterocycles. The van der Waals surface area contributed by atoms with Crippen LogP contribution in [0, 0.1) is 20.2 Å². The topological polar surface area (TPSA) is 133 Å². The van der Waals surface area contributed by atoms with Gasteiger partial charge in [-0.1, -0.05) is 42.5 Å². The number of nitrogens with zero attached hydrogens (tertiary/aromatic N) is 2. The summed E-state index contributed by atoms with van der Waals surface area (Å²) in [5.41, 5.74) is -0.270. The second kappa shape index (κ2) is 7.29. The van der Waals surface area contributed by atoms with E-state index in [2.05, 4.69) is 4.84 Å². The lowest BCUT2D eigenvalue weighted by Crippen LogP contribution is -2.31. The van der Waals surface area contributed by atoms with Gasteiger partial charge in [0.2, 0.25) is 0 Å². The van der Waals surface area contributed by atoms with Crippen LogP contribution in [0.2, 0.25) is 0 Å². The van der Waals surface area contributed by atoms with E-state index in [0.29, 0.717) is 0 Å². The number of Topliss-reactive ketones (excluding diaryl/α,β-unsaturated/α-hetero) is 1. The van der Waals surface area contributed by atoms with Crippen LogP contribution < -0.4 is 0 Å². The number of nitro benzene ring substituents is 1. The Balaban J connectivity index is 2.37. The molecule has 0 spiro atoms. The SMILES string of the molecule is O=C(c1ccccc1)[C@@H](O)[C@H](O[N+](=O)[O-])c1cccc([N+](=O)[O-])c1. The molecule has 0 saturated heterocycles. The Bertz CT molecular complexity index is 763. The summed E-state index contributed by atoms with van der Waals surface area (Å²) in [6, 6.07) is 12.4. The number of carbonyl (C=O) groups excluding carboxylic acids is 1. The van der Waals surface area contributed by atoms with Crippen molar-refractivity contribution in [2.24, 2.45) is 0 Å². The molecule has 0 saturated carbocycles. The highest BCUT2D eigenvalue weighted by molar-refractivity contribution is 5.99. The third-order valence-electron chi connectivity index (χ3n) is 3.22. The number of nitro groups is 1. The highest BCUT2D eigenvalue weighted by atomic mass is 17.0. The van der Waals surface area contributed by atoms with Crippen molar-refractivity contribution in [1.29, 1.82) is 0 Å². The van der Waals surface area contributed by atoms with E-state index in [1.165, 1.54) is 30.3 Å². The fraction of sp³-hybridized carbons (Fsp3) is 0.133. The Morgan fingerprint density at radius 1 is 1.04 bits per heavy atom. The summed E-state index contributed by atoms with van der Waals surface area (Å²) in [7, 11) is 0. The minimum absolute atomic E-state index is 0.0577. The monoisotopic (exact) mass is 332 g/mol. The summed E-state index contributed by atoms with van der Waals surface area (Å²) in [6.07, 6.45) is -3.59. The molecule has 0 aliphatic carbocycles. The van der Waals surface area contributed by atoms with Gasteiger partial charge < -0.3 is 9.94 Å². The van der Waals surface area contributed by atoms with E-state index in [9.17, 15) is 30.1 Å². The number of carbonyl (C=O) groups is 1. The molecular formula is C15H12N2O7. The van der Waals surface area contributed by atoms with Crippen LogP contribution >= 0.6 is 0 Å². The van der Waals surface area contributed by atoms with Crippen LogP contribution in [0.3, 0.4) is 0 Å². The number of rotatable bonds is 7. The largest absolute Gasteiger partial charge is 0.382 e. The molecular weight excluding hydrogens is 320 g/mol. The van der Waals surface area contributed by atoms with Gasteiger partial charge in [0, 0.05) is 17.7 Å². The second-order valence-corrected chi connectivity index (χ2v) is 4.78. The number of ketones is 1. The maximum Gasteiger partial charge on any atom is 0.295 e. The van der Waals surface area contributed by atoms with Crippen LogP contribution in [0.5, 0.6) is 0 Å². The number of aliphatic hydroxyl groups excluding tert-OH is 1. The van der Waals surface area contributed by atoms with Crippen LogP contribution in [-0.2, 0) is 4.84 Å². The number of aliphatic hydroxyl groups is 1. The molecule has 0 fully saturated rings. The first-order valence-electron chi connectivity index (χ1n) is 6.73. The maximum atomic E-state index is 12.3. The second-order valence-electron chi connectivity index (χ2n) is 4.78. The van der Waals surface area contributed by atoms with E-state index in [1.807, 2.05) is 0 Å². The molecule has 124 valence electrons. The van der Waals surface area contributed by atoms with Gasteiger partial charge in [-0.05, 0) is 5.56 Å². The number of hydrogen-bond donors (Lipinski definition) is 1. The molecule has 2 aromatic rings. The zero-order valence-electron chi connectivity index (χ0n) is 12.1. The van der Waals surface area contributed by atoms with Crippen molar-refractivity contribution >= 4 is 11.5 Å². The van der Waals surface area contributed by atoms with Gasteiger partial charge in [-0.3, -0.25) is 14.9 Å². The molecule has 2 rings (SSSR count). The normalized spacial score (nSPS) is 12.9. The Morgan fingerprint density at radius 3 is 2.29 bits per heavy atom. The predicted molar refractivity (Wildman–Crippen MR) is 80.7 cm³/mol. The average Bonchev–Trinajstić information content (AvgIpc) is 2.59. The lowest BCUT2D eigenvalue weighted by Gasteiger charge is -2.20. The summed E-state index contributed by atoms with van der Waals surface area (Å²) >= 11 is 0. The Labute approximate surface area is 135 Å². The first-order chi connectivity index (χ1) is 11.4. The number of hydrogen-bond acceptors (Lipinski definition) is 7. The summed E-state index contributed by atoms with van der Waals surface area (Å²) in [4.78, 5) is 37.5. The van der Waals surface area contributed by atoms with Gasteiger partial charge in [0.1, 0.15) is 6.10 Å². The molecule has 9 heteroatoms. The lowest BCUT2D eigenvalue weighted by molar-refractivity contribution is -0.772. The summed E-state index contributed by atoms with van der Waals surface area (Å²) < 4.78 is 0. The van der Waals surface area contributed by atoms with Crippen molar-refractivity contribution in [3.8, 4) is 0 Å². The highest BCUT2D eigenvalue weighted by Crippen LogP contribution is 2.27. The van der Waals surface area contributed by atoms with Gasteiger partial charge in [-0.25, -0.2) is 0 Å². The quantitative estimate of drug-likeness (QED) is 0.466. The predicted octanol–water partition coefficient (Wildman–Crippen LogP) is 2.09. The Hall–Kier alpha value is -3.33. The molecule has 2 aromatic carbocycles. The molecule has 24 heavy (non-hydrogen) atoms. The molecule has 2 atom stereocenters. The lowest BCUT2D eigenvalue weighted by atomic mass is 9.97. The molecule has 9 nitrogen and oxygen atoms in total. The van der Waals surface area contributed by atoms with Crippen molar-refractivity contribution in [2.75, 3.05) is 0 Å². The molecule has 0 aliphatic rings. The van der Waals surface area contributed by atoms with Gasteiger partial charge in [-0.2, -0.15) is 0 Å². The van der Waals surface area contributed by atoms with Crippen LogP contribution in [0.25, 0.3) is 0 Å². The molecule has 0 aromatic heterocycles. The van der Waals surface area contributed by atoms with E-state index >= 15 is 0 Å². The van der Waals surface area contributed by atoms with Crippen molar-refractivity contribution in [2.45, 2.75) is 12.2 Å². The number of non-ortho nitro benzene ring substituents is 1. The van der Waals surface area contributed by atoms with E-state index in [-0.39, 0.29) is 16.8 Å². The van der Waals surface area contributed by atoms with E-state index in [1.54, 1.807) is 18.2 Å². The molecule has 0 radical (unpaired) electrons. The average molecular weight is 332 g/mol. The Kier molecular flexibility index (Phi) is 5.17. The highest BCUT2D eigenvalue weighted by Gasteiger charge is 2.32. The molecule has 1 N–H and O–H groups in total. The van der Waals surface area contributed by atoms with Crippen LogP contribution in [0.15, 0.2) is 54.6 Å². The summed E-state index contributed by atoms with van der Waals surface area (Å²) in [5, 5.41) is 30.6. The molecule has 0 bridgehead atoms.